The minimum Gasteiger partial charge on any atom is -0.378 e. The van der Waals surface area contributed by atoms with Gasteiger partial charge in [-0.1, -0.05) is 43.2 Å². The Bertz CT molecular complexity index is 711. The third-order valence-corrected chi connectivity index (χ3v) is 6.73. The molecule has 5 heteroatoms. The van der Waals surface area contributed by atoms with Crippen molar-refractivity contribution in [2.75, 3.05) is 25.6 Å². The summed E-state index contributed by atoms with van der Waals surface area (Å²) in [6, 6.07) is 14.8. The van der Waals surface area contributed by atoms with Gasteiger partial charge in [-0.25, -0.2) is 0 Å². The van der Waals surface area contributed by atoms with Crippen molar-refractivity contribution in [3.63, 3.8) is 0 Å². The quantitative estimate of drug-likeness (QED) is 0.557. The van der Waals surface area contributed by atoms with E-state index in [9.17, 15) is 9.67 Å². The standard InChI is InChI=1S/C20H28NO3P/c1-5-6-15-24-25(23,19-13-11-18(12-14-19)21(3)4)20(22)17-9-7-16(2)8-10-17/h7-14,20,22H,5-6,15H2,1-4H3/t20-,25-/m1/s1. The molecule has 0 aromatic heterocycles. The van der Waals surface area contributed by atoms with Crippen LogP contribution in [0.1, 0.15) is 36.7 Å². The Kier molecular flexibility index (Phi) is 6.83. The average molecular weight is 361 g/mol. The summed E-state index contributed by atoms with van der Waals surface area (Å²) in [5.74, 6) is -1.17. The lowest BCUT2D eigenvalue weighted by atomic mass is 10.2. The molecule has 0 unspecified atom stereocenters. The summed E-state index contributed by atoms with van der Waals surface area (Å²) in [6.07, 6.45) is 1.75. The number of aliphatic hydroxyl groups is 1. The molecule has 2 aromatic rings. The van der Waals surface area contributed by atoms with Crippen LogP contribution in [0.2, 0.25) is 0 Å². The number of benzene rings is 2. The molecule has 0 heterocycles. The van der Waals surface area contributed by atoms with Crippen LogP contribution in [-0.2, 0) is 9.09 Å². The Labute approximate surface area is 150 Å². The average Bonchev–Trinajstić information content (AvgIpc) is 2.62. The predicted octanol–water partition coefficient (Wildman–Crippen LogP) is 4.47. The minimum atomic E-state index is -3.44. The second-order valence-corrected chi connectivity index (χ2v) is 8.94. The molecule has 0 spiro atoms. The first-order chi connectivity index (χ1) is 11.9. The summed E-state index contributed by atoms with van der Waals surface area (Å²) in [5, 5.41) is 11.4. The van der Waals surface area contributed by atoms with Gasteiger partial charge in [0.2, 0.25) is 0 Å². The lowest BCUT2D eigenvalue weighted by Crippen LogP contribution is -2.16. The van der Waals surface area contributed by atoms with Gasteiger partial charge in [0, 0.05) is 25.1 Å². The van der Waals surface area contributed by atoms with E-state index in [0.717, 1.165) is 24.1 Å². The van der Waals surface area contributed by atoms with Crippen molar-refractivity contribution in [3.05, 3.63) is 59.7 Å². The number of unbranched alkanes of at least 4 members (excludes halogenated alkanes) is 1. The van der Waals surface area contributed by atoms with E-state index < -0.39 is 13.2 Å². The Hall–Kier alpha value is -1.61. The van der Waals surface area contributed by atoms with Crippen molar-refractivity contribution < 1.29 is 14.2 Å². The van der Waals surface area contributed by atoms with Gasteiger partial charge in [-0.3, -0.25) is 4.57 Å². The summed E-state index contributed by atoms with van der Waals surface area (Å²) in [6.45, 7) is 4.40. The molecule has 0 saturated carbocycles. The number of rotatable bonds is 8. The van der Waals surface area contributed by atoms with Crippen molar-refractivity contribution in [2.24, 2.45) is 0 Å². The first-order valence-electron chi connectivity index (χ1n) is 8.65. The molecular formula is C20H28NO3P. The summed E-state index contributed by atoms with van der Waals surface area (Å²) >= 11 is 0. The number of hydrogen-bond acceptors (Lipinski definition) is 4. The largest absolute Gasteiger partial charge is 0.378 e. The Morgan fingerprint density at radius 1 is 1.08 bits per heavy atom. The van der Waals surface area contributed by atoms with E-state index >= 15 is 0 Å². The molecular weight excluding hydrogens is 333 g/mol. The number of hydrogen-bond donors (Lipinski definition) is 1. The summed E-state index contributed by atoms with van der Waals surface area (Å²) in [7, 11) is 0.461. The molecule has 0 aliphatic heterocycles. The highest BCUT2D eigenvalue weighted by molar-refractivity contribution is 7.67. The molecule has 2 rings (SSSR count). The maximum absolute atomic E-state index is 13.7. The van der Waals surface area contributed by atoms with E-state index in [2.05, 4.69) is 6.92 Å². The van der Waals surface area contributed by atoms with Gasteiger partial charge in [-0.2, -0.15) is 0 Å². The lowest BCUT2D eigenvalue weighted by molar-refractivity contribution is 0.213. The van der Waals surface area contributed by atoms with Gasteiger partial charge >= 0.3 is 0 Å². The van der Waals surface area contributed by atoms with Gasteiger partial charge in [-0.15, -0.1) is 0 Å². The molecule has 0 saturated heterocycles. The number of aryl methyl sites for hydroxylation is 1. The molecule has 2 aromatic carbocycles. The second-order valence-electron chi connectivity index (χ2n) is 6.48. The van der Waals surface area contributed by atoms with Crippen LogP contribution in [0.15, 0.2) is 48.5 Å². The summed E-state index contributed by atoms with van der Waals surface area (Å²) in [4.78, 5) is 1.98. The van der Waals surface area contributed by atoms with E-state index in [1.807, 2.05) is 62.3 Å². The third-order valence-electron chi connectivity index (χ3n) is 4.20. The monoisotopic (exact) mass is 361 g/mol. The highest BCUT2D eigenvalue weighted by atomic mass is 31.2. The Balaban J connectivity index is 2.38. The van der Waals surface area contributed by atoms with Crippen LogP contribution in [0.25, 0.3) is 0 Å². The maximum Gasteiger partial charge on any atom is 0.264 e. The smallest absolute Gasteiger partial charge is 0.264 e. The fourth-order valence-corrected chi connectivity index (χ4v) is 4.63. The van der Waals surface area contributed by atoms with Gasteiger partial charge in [0.05, 0.1) is 6.61 Å². The fraction of sp³-hybridized carbons (Fsp3) is 0.400. The lowest BCUT2D eigenvalue weighted by Gasteiger charge is -2.25. The first-order valence-corrected chi connectivity index (χ1v) is 10.3. The molecule has 0 amide bonds. The van der Waals surface area contributed by atoms with Crippen molar-refractivity contribution in [2.45, 2.75) is 32.5 Å². The van der Waals surface area contributed by atoms with Crippen molar-refractivity contribution in [1.82, 2.24) is 0 Å². The van der Waals surface area contributed by atoms with Gasteiger partial charge in [-0.05, 0) is 43.2 Å². The number of anilines is 1. The van der Waals surface area contributed by atoms with Gasteiger partial charge in [0.25, 0.3) is 7.37 Å². The fourth-order valence-electron chi connectivity index (χ4n) is 2.52. The first kappa shape index (κ1) is 19.7. The summed E-state index contributed by atoms with van der Waals surface area (Å²) < 4.78 is 19.5. The highest BCUT2D eigenvalue weighted by Crippen LogP contribution is 2.57. The zero-order chi connectivity index (χ0) is 18.4. The Morgan fingerprint density at radius 3 is 2.20 bits per heavy atom. The minimum absolute atomic E-state index is 0.367. The molecule has 2 atom stereocenters. The van der Waals surface area contributed by atoms with Crippen LogP contribution in [0.4, 0.5) is 5.69 Å². The molecule has 4 nitrogen and oxygen atoms in total. The van der Waals surface area contributed by atoms with Crippen molar-refractivity contribution >= 4 is 18.4 Å². The topological polar surface area (TPSA) is 49.8 Å². The Morgan fingerprint density at radius 2 is 1.68 bits per heavy atom. The third kappa shape index (κ3) is 4.72. The zero-order valence-corrected chi connectivity index (χ0v) is 16.4. The van der Waals surface area contributed by atoms with Crippen LogP contribution in [0.5, 0.6) is 0 Å². The van der Waals surface area contributed by atoms with Gasteiger partial charge in [0.15, 0.2) is 5.85 Å². The summed E-state index contributed by atoms with van der Waals surface area (Å²) in [5.41, 5.74) is 2.71. The molecule has 0 aliphatic rings. The molecule has 0 radical (unpaired) electrons. The molecule has 25 heavy (non-hydrogen) atoms. The molecule has 1 N–H and O–H groups in total. The van der Waals surface area contributed by atoms with E-state index in [4.69, 9.17) is 4.52 Å². The van der Waals surface area contributed by atoms with Crippen molar-refractivity contribution in [1.29, 1.82) is 0 Å². The van der Waals surface area contributed by atoms with Crippen LogP contribution >= 0.6 is 7.37 Å². The van der Waals surface area contributed by atoms with Crippen LogP contribution < -0.4 is 10.2 Å². The van der Waals surface area contributed by atoms with E-state index in [0.29, 0.717) is 17.5 Å². The van der Waals surface area contributed by atoms with Crippen molar-refractivity contribution in [3.8, 4) is 0 Å². The van der Waals surface area contributed by atoms with E-state index in [-0.39, 0.29) is 0 Å². The van der Waals surface area contributed by atoms with E-state index in [1.54, 1.807) is 12.1 Å². The zero-order valence-electron chi connectivity index (χ0n) is 15.5. The van der Waals surface area contributed by atoms with Crippen LogP contribution in [0, 0.1) is 6.92 Å². The van der Waals surface area contributed by atoms with Crippen LogP contribution in [0.3, 0.4) is 0 Å². The second kappa shape index (κ2) is 8.66. The van der Waals surface area contributed by atoms with Gasteiger partial charge < -0.3 is 14.5 Å². The molecule has 0 bridgehead atoms. The SMILES string of the molecule is CCCCO[P@](=O)(c1ccc(N(C)C)cc1)[C@@H](O)c1ccc(C)cc1. The van der Waals surface area contributed by atoms with Crippen LogP contribution in [-0.4, -0.2) is 25.8 Å². The highest BCUT2D eigenvalue weighted by Gasteiger charge is 2.36. The number of nitrogens with zero attached hydrogens (tertiary/aromatic N) is 1. The molecule has 0 aliphatic carbocycles. The normalized spacial score (nSPS) is 14.8. The predicted molar refractivity (Wildman–Crippen MR) is 105 cm³/mol. The molecule has 0 fully saturated rings. The molecule has 136 valence electrons. The van der Waals surface area contributed by atoms with E-state index in [1.165, 1.54) is 0 Å². The maximum atomic E-state index is 13.7. The number of aliphatic hydroxyl groups excluding tert-OH is 1. The van der Waals surface area contributed by atoms with Gasteiger partial charge in [0.1, 0.15) is 0 Å².